The van der Waals surface area contributed by atoms with Gasteiger partial charge in [0.15, 0.2) is 0 Å². The molecule has 0 aliphatic carbocycles. The summed E-state index contributed by atoms with van der Waals surface area (Å²) in [5.74, 6) is 0.794. The lowest BCUT2D eigenvalue weighted by Gasteiger charge is -2.21. The number of rotatable bonds is 9. The van der Waals surface area contributed by atoms with Crippen molar-refractivity contribution in [2.75, 3.05) is 20.3 Å². The van der Waals surface area contributed by atoms with Gasteiger partial charge in [-0.05, 0) is 31.2 Å². The topological polar surface area (TPSA) is 51.7 Å². The Balaban J connectivity index is 1.64. The number of para-hydroxylation sites is 1. The molecule has 1 aromatic heterocycles. The summed E-state index contributed by atoms with van der Waals surface area (Å²) >= 11 is 1.54. The zero-order valence-corrected chi connectivity index (χ0v) is 16.9. The molecule has 0 unspecified atom stereocenters. The molecule has 146 valence electrons. The quantitative estimate of drug-likeness (QED) is 0.541. The lowest BCUT2D eigenvalue weighted by atomic mass is 10.1. The Hall–Kier alpha value is -2.70. The molecule has 0 saturated heterocycles. The van der Waals surface area contributed by atoms with Gasteiger partial charge in [-0.2, -0.15) is 0 Å². The van der Waals surface area contributed by atoms with E-state index in [-0.39, 0.29) is 5.91 Å². The SMILES string of the molecule is COCCN(Cc1csc(COc2ccccc2)n1)C(=O)c1ccc(C)cc1. The fraction of sp³-hybridized carbons (Fsp3) is 0.273. The molecule has 6 heteroatoms. The maximum absolute atomic E-state index is 12.9. The smallest absolute Gasteiger partial charge is 0.254 e. The van der Waals surface area contributed by atoms with Crippen LogP contribution in [0.4, 0.5) is 0 Å². The van der Waals surface area contributed by atoms with Crippen LogP contribution < -0.4 is 4.74 Å². The van der Waals surface area contributed by atoms with Crippen molar-refractivity contribution in [3.8, 4) is 5.75 Å². The van der Waals surface area contributed by atoms with E-state index >= 15 is 0 Å². The number of aryl methyl sites for hydroxylation is 1. The van der Waals surface area contributed by atoms with Crippen LogP contribution in [0.1, 0.15) is 26.6 Å². The van der Waals surface area contributed by atoms with Crippen molar-refractivity contribution < 1.29 is 14.3 Å². The molecule has 1 heterocycles. The molecule has 3 aromatic rings. The maximum atomic E-state index is 12.9. The molecule has 5 nitrogen and oxygen atoms in total. The highest BCUT2D eigenvalue weighted by Crippen LogP contribution is 2.17. The molecule has 0 saturated carbocycles. The molecular formula is C22H24N2O3S. The minimum Gasteiger partial charge on any atom is -0.486 e. The van der Waals surface area contributed by atoms with E-state index in [1.54, 1.807) is 12.0 Å². The van der Waals surface area contributed by atoms with E-state index in [2.05, 4.69) is 4.98 Å². The van der Waals surface area contributed by atoms with Crippen molar-refractivity contribution in [2.24, 2.45) is 0 Å². The van der Waals surface area contributed by atoms with Crippen LogP contribution >= 0.6 is 11.3 Å². The van der Waals surface area contributed by atoms with Gasteiger partial charge in [0, 0.05) is 24.6 Å². The molecule has 2 aromatic carbocycles. The van der Waals surface area contributed by atoms with E-state index in [0.29, 0.717) is 31.9 Å². The second-order valence-electron chi connectivity index (χ2n) is 6.42. The first-order valence-corrected chi connectivity index (χ1v) is 9.99. The molecule has 0 aliphatic rings. The Labute approximate surface area is 169 Å². The first kappa shape index (κ1) is 20.0. The van der Waals surface area contributed by atoms with Crippen molar-refractivity contribution in [3.63, 3.8) is 0 Å². The van der Waals surface area contributed by atoms with Crippen molar-refractivity contribution in [1.82, 2.24) is 9.88 Å². The number of hydrogen-bond acceptors (Lipinski definition) is 5. The highest BCUT2D eigenvalue weighted by molar-refractivity contribution is 7.09. The van der Waals surface area contributed by atoms with Crippen molar-refractivity contribution >= 4 is 17.2 Å². The molecule has 28 heavy (non-hydrogen) atoms. The summed E-state index contributed by atoms with van der Waals surface area (Å²) in [5.41, 5.74) is 2.65. The van der Waals surface area contributed by atoms with Crippen molar-refractivity contribution in [3.05, 3.63) is 81.8 Å². The zero-order valence-electron chi connectivity index (χ0n) is 16.1. The summed E-state index contributed by atoms with van der Waals surface area (Å²) < 4.78 is 10.9. The van der Waals surface area contributed by atoms with Crippen molar-refractivity contribution in [2.45, 2.75) is 20.1 Å². The molecule has 0 radical (unpaired) electrons. The minimum absolute atomic E-state index is 0.0212. The molecule has 0 atom stereocenters. The number of ether oxygens (including phenoxy) is 2. The van der Waals surface area contributed by atoms with Gasteiger partial charge in [0.1, 0.15) is 17.4 Å². The summed E-state index contributed by atoms with van der Waals surface area (Å²) in [6.45, 7) is 3.85. The fourth-order valence-corrected chi connectivity index (χ4v) is 3.37. The predicted octanol–water partition coefficient (Wildman–Crippen LogP) is 4.32. The largest absolute Gasteiger partial charge is 0.486 e. The first-order chi connectivity index (χ1) is 13.7. The van der Waals surface area contributed by atoms with Crippen LogP contribution in [0.5, 0.6) is 5.75 Å². The number of carbonyl (C=O) groups is 1. The number of thiazole rings is 1. The van der Waals surface area contributed by atoms with Gasteiger partial charge in [0.05, 0.1) is 18.8 Å². The van der Waals surface area contributed by atoms with Crippen LogP contribution in [0, 0.1) is 6.92 Å². The van der Waals surface area contributed by atoms with Gasteiger partial charge >= 0.3 is 0 Å². The summed E-state index contributed by atoms with van der Waals surface area (Å²) in [6.07, 6.45) is 0. The number of methoxy groups -OCH3 is 1. The van der Waals surface area contributed by atoms with Gasteiger partial charge in [0.25, 0.3) is 5.91 Å². The number of carbonyl (C=O) groups excluding carboxylic acids is 1. The van der Waals surface area contributed by atoms with E-state index in [0.717, 1.165) is 22.0 Å². The van der Waals surface area contributed by atoms with Crippen LogP contribution in [0.2, 0.25) is 0 Å². The third kappa shape index (κ3) is 5.65. The normalized spacial score (nSPS) is 10.6. The summed E-state index contributed by atoms with van der Waals surface area (Å²) in [4.78, 5) is 19.3. The number of nitrogens with zero attached hydrogens (tertiary/aromatic N) is 2. The maximum Gasteiger partial charge on any atom is 0.254 e. The molecule has 0 spiro atoms. The van der Waals surface area contributed by atoms with Crippen LogP contribution in [-0.4, -0.2) is 36.1 Å². The Morgan fingerprint density at radius 1 is 1.11 bits per heavy atom. The van der Waals surface area contributed by atoms with Gasteiger partial charge < -0.3 is 14.4 Å². The van der Waals surface area contributed by atoms with E-state index in [9.17, 15) is 4.79 Å². The van der Waals surface area contributed by atoms with Crippen LogP contribution in [0.15, 0.2) is 60.0 Å². The first-order valence-electron chi connectivity index (χ1n) is 9.11. The number of aromatic nitrogens is 1. The Morgan fingerprint density at radius 3 is 2.57 bits per heavy atom. The fourth-order valence-electron chi connectivity index (χ4n) is 2.68. The lowest BCUT2D eigenvalue weighted by Crippen LogP contribution is -2.33. The van der Waals surface area contributed by atoms with Crippen LogP contribution in [0.3, 0.4) is 0 Å². The Bertz CT molecular complexity index is 878. The lowest BCUT2D eigenvalue weighted by molar-refractivity contribution is 0.0678. The third-order valence-corrected chi connectivity index (χ3v) is 5.08. The monoisotopic (exact) mass is 396 g/mol. The zero-order chi connectivity index (χ0) is 19.8. The van der Waals surface area contributed by atoms with E-state index in [4.69, 9.17) is 9.47 Å². The van der Waals surface area contributed by atoms with Crippen LogP contribution in [-0.2, 0) is 17.9 Å². The van der Waals surface area contributed by atoms with Gasteiger partial charge in [-0.25, -0.2) is 4.98 Å². The molecule has 0 N–H and O–H groups in total. The van der Waals surface area contributed by atoms with E-state index in [1.807, 2.05) is 66.9 Å². The van der Waals surface area contributed by atoms with E-state index < -0.39 is 0 Å². The van der Waals surface area contributed by atoms with Crippen LogP contribution in [0.25, 0.3) is 0 Å². The molecule has 0 fully saturated rings. The molecule has 1 amide bonds. The molecule has 3 rings (SSSR count). The van der Waals surface area contributed by atoms with E-state index in [1.165, 1.54) is 11.3 Å². The number of hydrogen-bond donors (Lipinski definition) is 0. The summed E-state index contributed by atoms with van der Waals surface area (Å²) in [6, 6.07) is 17.3. The Kier molecular flexibility index (Phi) is 7.17. The standard InChI is InChI=1S/C22H24N2O3S/c1-17-8-10-18(11-9-17)22(25)24(12-13-26-2)14-19-16-28-21(23-19)15-27-20-6-4-3-5-7-20/h3-11,16H,12-15H2,1-2H3. The van der Waals surface area contributed by atoms with Gasteiger partial charge in [-0.3, -0.25) is 4.79 Å². The van der Waals surface area contributed by atoms with Gasteiger partial charge in [0.2, 0.25) is 0 Å². The third-order valence-electron chi connectivity index (χ3n) is 4.21. The highest BCUT2D eigenvalue weighted by atomic mass is 32.1. The second kappa shape index (κ2) is 10.0. The highest BCUT2D eigenvalue weighted by Gasteiger charge is 2.17. The Morgan fingerprint density at radius 2 is 1.86 bits per heavy atom. The number of amides is 1. The van der Waals surface area contributed by atoms with Gasteiger partial charge in [-0.1, -0.05) is 35.9 Å². The average Bonchev–Trinajstić information content (AvgIpc) is 3.18. The molecular weight excluding hydrogens is 372 g/mol. The minimum atomic E-state index is -0.0212. The van der Waals surface area contributed by atoms with Crippen molar-refractivity contribution in [1.29, 1.82) is 0 Å². The predicted molar refractivity (Wildman–Crippen MR) is 111 cm³/mol. The second-order valence-corrected chi connectivity index (χ2v) is 7.36. The number of benzene rings is 2. The molecule has 0 bridgehead atoms. The summed E-state index contributed by atoms with van der Waals surface area (Å²) in [5, 5.41) is 2.86. The average molecular weight is 397 g/mol. The molecule has 0 aliphatic heterocycles. The van der Waals surface area contributed by atoms with Gasteiger partial charge in [-0.15, -0.1) is 11.3 Å². The summed E-state index contributed by atoms with van der Waals surface area (Å²) in [7, 11) is 1.64.